The molecule has 0 saturated carbocycles. The van der Waals surface area contributed by atoms with E-state index in [0.717, 1.165) is 11.3 Å². The first-order valence-electron chi connectivity index (χ1n) is 6.07. The maximum absolute atomic E-state index is 13.0. The summed E-state index contributed by atoms with van der Waals surface area (Å²) < 4.78 is 13.0. The Kier molecular flexibility index (Phi) is 4.25. The van der Waals surface area contributed by atoms with Crippen molar-refractivity contribution in [2.75, 3.05) is 11.9 Å². The van der Waals surface area contributed by atoms with Crippen LogP contribution in [0.1, 0.15) is 11.1 Å². The van der Waals surface area contributed by atoms with Gasteiger partial charge in [0.2, 0.25) is 0 Å². The van der Waals surface area contributed by atoms with Crippen LogP contribution in [0.25, 0.3) is 0 Å². The van der Waals surface area contributed by atoms with Gasteiger partial charge < -0.3 is 10.6 Å². The van der Waals surface area contributed by atoms with Gasteiger partial charge in [-0.1, -0.05) is 29.8 Å². The third kappa shape index (κ3) is 3.27. The van der Waals surface area contributed by atoms with Crippen molar-refractivity contribution in [2.24, 2.45) is 5.73 Å². The largest absolute Gasteiger partial charge is 0.384 e. The lowest BCUT2D eigenvalue weighted by Crippen LogP contribution is -2.18. The molecule has 0 radical (unpaired) electrons. The Balaban J connectivity index is 2.21. The Morgan fingerprint density at radius 3 is 2.70 bits per heavy atom. The van der Waals surface area contributed by atoms with Gasteiger partial charge in [-0.3, -0.25) is 5.41 Å². The number of nitrogens with one attached hydrogen (secondary N) is 1. The van der Waals surface area contributed by atoms with Crippen LogP contribution in [0, 0.1) is 11.2 Å². The molecule has 0 spiro atoms. The van der Waals surface area contributed by atoms with Gasteiger partial charge in [-0.2, -0.15) is 0 Å². The molecule has 5 heteroatoms. The van der Waals surface area contributed by atoms with E-state index < -0.39 is 0 Å². The zero-order valence-corrected chi connectivity index (χ0v) is 11.8. The van der Waals surface area contributed by atoms with Crippen molar-refractivity contribution in [2.45, 2.75) is 6.54 Å². The standard InChI is InChI=1S/C15H15ClFN3/c1-20(9-11-5-6-12(17)8-14(11)16)13-4-2-3-10(7-13)15(18)19/h2-8H,9H2,1H3,(H3,18,19). The van der Waals surface area contributed by atoms with E-state index in [9.17, 15) is 4.39 Å². The molecule has 0 unspecified atom stereocenters. The minimum atomic E-state index is -0.347. The zero-order chi connectivity index (χ0) is 14.7. The van der Waals surface area contributed by atoms with Gasteiger partial charge in [-0.05, 0) is 29.8 Å². The van der Waals surface area contributed by atoms with Gasteiger partial charge in [0.15, 0.2) is 0 Å². The van der Waals surface area contributed by atoms with Crippen molar-refractivity contribution in [3.8, 4) is 0 Å². The quantitative estimate of drug-likeness (QED) is 0.670. The maximum Gasteiger partial charge on any atom is 0.124 e. The van der Waals surface area contributed by atoms with Gasteiger partial charge in [0.05, 0.1) is 0 Å². The molecule has 2 rings (SSSR count). The van der Waals surface area contributed by atoms with Crippen LogP contribution < -0.4 is 10.6 Å². The summed E-state index contributed by atoms with van der Waals surface area (Å²) in [5, 5.41) is 7.85. The molecule has 0 fully saturated rings. The lowest BCUT2D eigenvalue weighted by Gasteiger charge is -2.20. The molecule has 0 amide bonds. The lowest BCUT2D eigenvalue weighted by molar-refractivity contribution is 0.627. The Morgan fingerprint density at radius 2 is 2.05 bits per heavy atom. The molecule has 0 aliphatic heterocycles. The van der Waals surface area contributed by atoms with Gasteiger partial charge in [0, 0.05) is 29.9 Å². The fraction of sp³-hybridized carbons (Fsp3) is 0.133. The molecule has 2 aromatic rings. The molecule has 0 aliphatic carbocycles. The molecule has 0 heterocycles. The number of halogens is 2. The molecule has 104 valence electrons. The molecule has 0 aliphatic rings. The highest BCUT2D eigenvalue weighted by molar-refractivity contribution is 6.31. The van der Waals surface area contributed by atoms with E-state index in [-0.39, 0.29) is 11.7 Å². The highest BCUT2D eigenvalue weighted by Gasteiger charge is 2.08. The number of amidine groups is 1. The summed E-state index contributed by atoms with van der Waals surface area (Å²) in [6, 6.07) is 11.7. The fourth-order valence-corrected chi connectivity index (χ4v) is 2.13. The first-order chi connectivity index (χ1) is 9.47. The zero-order valence-electron chi connectivity index (χ0n) is 11.0. The number of hydrogen-bond donors (Lipinski definition) is 2. The summed E-state index contributed by atoms with van der Waals surface area (Å²) in [6.45, 7) is 0.542. The van der Waals surface area contributed by atoms with Crippen molar-refractivity contribution < 1.29 is 4.39 Å². The molecule has 0 saturated heterocycles. The third-order valence-corrected chi connectivity index (χ3v) is 3.37. The normalized spacial score (nSPS) is 10.3. The van der Waals surface area contributed by atoms with Gasteiger partial charge >= 0.3 is 0 Å². The highest BCUT2D eigenvalue weighted by Crippen LogP contribution is 2.22. The minimum Gasteiger partial charge on any atom is -0.384 e. The Bertz CT molecular complexity index is 643. The van der Waals surface area contributed by atoms with Crippen LogP contribution in [0.15, 0.2) is 42.5 Å². The van der Waals surface area contributed by atoms with Crippen molar-refractivity contribution >= 4 is 23.1 Å². The summed E-state index contributed by atoms with van der Waals surface area (Å²) in [7, 11) is 1.90. The second-order valence-corrected chi connectivity index (χ2v) is 4.96. The van der Waals surface area contributed by atoms with Gasteiger partial charge in [0.1, 0.15) is 11.7 Å². The van der Waals surface area contributed by atoms with Gasteiger partial charge in [-0.25, -0.2) is 4.39 Å². The van der Waals surface area contributed by atoms with Crippen LogP contribution in [-0.2, 0) is 6.54 Å². The van der Waals surface area contributed by atoms with Crippen LogP contribution in [0.3, 0.4) is 0 Å². The summed E-state index contributed by atoms with van der Waals surface area (Å²) in [5.74, 6) is -0.319. The fourth-order valence-electron chi connectivity index (χ4n) is 1.91. The number of anilines is 1. The van der Waals surface area contributed by atoms with Crippen molar-refractivity contribution in [1.29, 1.82) is 5.41 Å². The molecular formula is C15H15ClFN3. The van der Waals surface area contributed by atoms with E-state index in [0.29, 0.717) is 17.1 Å². The van der Waals surface area contributed by atoms with E-state index in [4.69, 9.17) is 22.7 Å². The van der Waals surface area contributed by atoms with Gasteiger partial charge in [0.25, 0.3) is 0 Å². The van der Waals surface area contributed by atoms with Crippen LogP contribution in [0.5, 0.6) is 0 Å². The van der Waals surface area contributed by atoms with Crippen LogP contribution >= 0.6 is 11.6 Å². The molecular weight excluding hydrogens is 277 g/mol. The van der Waals surface area contributed by atoms with E-state index in [2.05, 4.69) is 0 Å². The molecule has 0 atom stereocenters. The SMILES string of the molecule is CN(Cc1ccc(F)cc1Cl)c1cccc(C(=N)N)c1. The number of nitrogens with two attached hydrogens (primary N) is 1. The van der Waals surface area contributed by atoms with Crippen molar-refractivity contribution in [3.05, 3.63) is 64.4 Å². The number of hydrogen-bond acceptors (Lipinski definition) is 2. The average Bonchev–Trinajstić information content (AvgIpc) is 2.42. The van der Waals surface area contributed by atoms with Crippen molar-refractivity contribution in [3.63, 3.8) is 0 Å². The highest BCUT2D eigenvalue weighted by atomic mass is 35.5. The Morgan fingerprint density at radius 1 is 1.30 bits per heavy atom. The van der Waals surface area contributed by atoms with Gasteiger partial charge in [-0.15, -0.1) is 0 Å². The van der Waals surface area contributed by atoms with Crippen LogP contribution in [-0.4, -0.2) is 12.9 Å². The molecule has 2 aromatic carbocycles. The minimum absolute atomic E-state index is 0.0278. The second-order valence-electron chi connectivity index (χ2n) is 4.56. The number of nitrogens with zero attached hydrogens (tertiary/aromatic N) is 1. The summed E-state index contributed by atoms with van der Waals surface area (Å²) >= 11 is 6.02. The topological polar surface area (TPSA) is 53.1 Å². The third-order valence-electron chi connectivity index (χ3n) is 3.02. The Hall–Kier alpha value is -2.07. The molecule has 0 aromatic heterocycles. The predicted molar refractivity (Wildman–Crippen MR) is 81.0 cm³/mol. The molecule has 3 N–H and O–H groups in total. The lowest BCUT2D eigenvalue weighted by atomic mass is 10.1. The number of benzene rings is 2. The van der Waals surface area contributed by atoms with E-state index in [1.165, 1.54) is 12.1 Å². The average molecular weight is 292 g/mol. The summed E-state index contributed by atoms with van der Waals surface area (Å²) in [5.41, 5.74) is 7.90. The van der Waals surface area contributed by atoms with E-state index in [1.807, 2.05) is 30.1 Å². The Labute approximate surface area is 122 Å². The number of rotatable bonds is 4. The first kappa shape index (κ1) is 14.3. The predicted octanol–water partition coefficient (Wildman–Crippen LogP) is 3.40. The monoisotopic (exact) mass is 291 g/mol. The van der Waals surface area contributed by atoms with E-state index in [1.54, 1.807) is 12.1 Å². The van der Waals surface area contributed by atoms with E-state index >= 15 is 0 Å². The van der Waals surface area contributed by atoms with Crippen molar-refractivity contribution in [1.82, 2.24) is 0 Å². The smallest absolute Gasteiger partial charge is 0.124 e. The molecule has 3 nitrogen and oxygen atoms in total. The molecule has 20 heavy (non-hydrogen) atoms. The summed E-state index contributed by atoms with van der Waals surface area (Å²) in [4.78, 5) is 1.96. The maximum atomic E-state index is 13.0. The first-order valence-corrected chi connectivity index (χ1v) is 6.44. The van der Waals surface area contributed by atoms with Crippen LogP contribution in [0.2, 0.25) is 5.02 Å². The second kappa shape index (κ2) is 5.92. The summed E-state index contributed by atoms with van der Waals surface area (Å²) in [6.07, 6.45) is 0. The van der Waals surface area contributed by atoms with Crippen LogP contribution in [0.4, 0.5) is 10.1 Å². The number of nitrogen functional groups attached to an aromatic ring is 1. The molecule has 0 bridgehead atoms.